The fourth-order valence-electron chi connectivity index (χ4n) is 5.31. The van der Waals surface area contributed by atoms with Gasteiger partial charge in [0.1, 0.15) is 6.61 Å². The van der Waals surface area contributed by atoms with Gasteiger partial charge in [-0.15, -0.1) is 0 Å². The quantitative estimate of drug-likeness (QED) is 0.537. The molecule has 3 aliphatic rings. The number of carbonyl (C=O) groups excluding carboxylic acids is 2. The van der Waals surface area contributed by atoms with E-state index in [1.807, 2.05) is 24.3 Å². The molecule has 0 spiro atoms. The molecule has 0 aromatic heterocycles. The van der Waals surface area contributed by atoms with Crippen molar-refractivity contribution in [2.75, 3.05) is 26.4 Å². The van der Waals surface area contributed by atoms with Crippen LogP contribution in [0.2, 0.25) is 0 Å². The van der Waals surface area contributed by atoms with Crippen LogP contribution in [-0.2, 0) is 19.1 Å². The summed E-state index contributed by atoms with van der Waals surface area (Å²) in [6.45, 7) is 1.49. The van der Waals surface area contributed by atoms with Crippen LogP contribution < -0.4 is 10.6 Å². The van der Waals surface area contributed by atoms with Crippen molar-refractivity contribution in [3.8, 4) is 11.1 Å². The Hall–Kier alpha value is -3.39. The summed E-state index contributed by atoms with van der Waals surface area (Å²) in [6.07, 6.45) is 0.921. The molecule has 8 nitrogen and oxygen atoms in total. The topological polar surface area (TPSA) is 114 Å². The number of alkyl carbamates (subject to hydrolysis) is 1. The second-order valence-corrected chi connectivity index (χ2v) is 9.65. The Morgan fingerprint density at radius 1 is 1.00 bits per heavy atom. The average Bonchev–Trinajstić information content (AvgIpc) is 3.58. The smallest absolute Gasteiger partial charge is 0.407 e. The van der Waals surface area contributed by atoms with Gasteiger partial charge in [-0.2, -0.15) is 0 Å². The van der Waals surface area contributed by atoms with Crippen LogP contribution in [0.4, 0.5) is 4.79 Å². The monoisotopic (exact) mass is 478 g/mol. The molecule has 1 heterocycles. The number of carbonyl (C=O) groups is 3. The van der Waals surface area contributed by atoms with Crippen LogP contribution in [0.25, 0.3) is 11.1 Å². The summed E-state index contributed by atoms with van der Waals surface area (Å²) in [4.78, 5) is 36.1. The lowest BCUT2D eigenvalue weighted by molar-refractivity contribution is -0.139. The van der Waals surface area contributed by atoms with E-state index in [0.29, 0.717) is 32.6 Å². The maximum atomic E-state index is 12.7. The van der Waals surface area contributed by atoms with E-state index in [4.69, 9.17) is 14.6 Å². The zero-order valence-corrected chi connectivity index (χ0v) is 19.4. The Morgan fingerprint density at radius 2 is 1.69 bits per heavy atom. The number of rotatable bonds is 8. The number of amides is 2. The molecule has 0 bridgehead atoms. The Morgan fingerprint density at radius 3 is 2.34 bits per heavy atom. The molecule has 0 radical (unpaired) electrons. The second-order valence-electron chi connectivity index (χ2n) is 9.65. The molecule has 2 aromatic carbocycles. The third-order valence-corrected chi connectivity index (χ3v) is 7.37. The SMILES string of the molecule is O=C(CC1COCCC1NC(=O)OCC1c2ccccc2-c2ccccc21)NC[C@@H]1C[C@@H]1C(=O)O. The van der Waals surface area contributed by atoms with Crippen molar-refractivity contribution in [2.24, 2.45) is 17.8 Å². The number of hydrogen-bond donors (Lipinski definition) is 3. The molecule has 2 aliphatic carbocycles. The van der Waals surface area contributed by atoms with Gasteiger partial charge in [0, 0.05) is 37.5 Å². The summed E-state index contributed by atoms with van der Waals surface area (Å²) >= 11 is 0. The number of fused-ring (bicyclic) bond motifs is 3. The Bertz CT molecular complexity index is 1070. The van der Waals surface area contributed by atoms with Crippen molar-refractivity contribution in [3.05, 3.63) is 59.7 Å². The summed E-state index contributed by atoms with van der Waals surface area (Å²) in [5.74, 6) is -1.49. The summed E-state index contributed by atoms with van der Waals surface area (Å²) < 4.78 is 11.2. The minimum absolute atomic E-state index is 0.00815. The fourth-order valence-corrected chi connectivity index (χ4v) is 5.31. The van der Waals surface area contributed by atoms with Crippen LogP contribution >= 0.6 is 0 Å². The normalized spacial score (nSPS) is 24.7. The molecule has 8 heteroatoms. The van der Waals surface area contributed by atoms with Gasteiger partial charge in [0.05, 0.1) is 12.5 Å². The van der Waals surface area contributed by atoms with E-state index in [9.17, 15) is 14.4 Å². The first-order valence-corrected chi connectivity index (χ1v) is 12.2. The molecule has 2 fully saturated rings. The van der Waals surface area contributed by atoms with Gasteiger partial charge in [0.25, 0.3) is 0 Å². The van der Waals surface area contributed by atoms with Gasteiger partial charge in [-0.1, -0.05) is 48.5 Å². The molecule has 2 unspecified atom stereocenters. The van der Waals surface area contributed by atoms with Gasteiger partial charge >= 0.3 is 12.1 Å². The lowest BCUT2D eigenvalue weighted by Gasteiger charge is -2.31. The zero-order valence-electron chi connectivity index (χ0n) is 19.4. The highest BCUT2D eigenvalue weighted by Gasteiger charge is 2.43. The van der Waals surface area contributed by atoms with E-state index in [2.05, 4.69) is 34.9 Å². The van der Waals surface area contributed by atoms with Crippen LogP contribution in [0.15, 0.2) is 48.5 Å². The van der Waals surface area contributed by atoms with E-state index >= 15 is 0 Å². The highest BCUT2D eigenvalue weighted by atomic mass is 16.5. The van der Waals surface area contributed by atoms with Gasteiger partial charge in [-0.3, -0.25) is 9.59 Å². The fraction of sp³-hybridized carbons (Fsp3) is 0.444. The molecule has 4 atom stereocenters. The van der Waals surface area contributed by atoms with Crippen LogP contribution in [0.1, 0.15) is 36.3 Å². The Labute approximate surface area is 204 Å². The number of nitrogens with one attached hydrogen (secondary N) is 2. The number of carboxylic acids is 1. The largest absolute Gasteiger partial charge is 0.481 e. The summed E-state index contributed by atoms with van der Waals surface area (Å²) in [6, 6.07) is 16.2. The van der Waals surface area contributed by atoms with Crippen molar-refractivity contribution in [2.45, 2.75) is 31.2 Å². The van der Waals surface area contributed by atoms with Crippen molar-refractivity contribution < 1.29 is 29.0 Å². The van der Waals surface area contributed by atoms with Crippen molar-refractivity contribution >= 4 is 18.0 Å². The molecule has 35 heavy (non-hydrogen) atoms. The Kier molecular flexibility index (Phi) is 6.72. The van der Waals surface area contributed by atoms with E-state index < -0.39 is 12.1 Å². The first-order chi connectivity index (χ1) is 17.0. The number of aliphatic carboxylic acids is 1. The molecule has 1 saturated heterocycles. The molecule has 1 saturated carbocycles. The van der Waals surface area contributed by atoms with E-state index in [1.54, 1.807) is 0 Å². The molecular formula is C27H30N2O6. The highest BCUT2D eigenvalue weighted by molar-refractivity contribution is 5.79. The lowest BCUT2D eigenvalue weighted by atomic mass is 9.92. The summed E-state index contributed by atoms with van der Waals surface area (Å²) in [5, 5.41) is 14.8. The van der Waals surface area contributed by atoms with Gasteiger partial charge in [0.15, 0.2) is 0 Å². The first kappa shape index (κ1) is 23.4. The predicted molar refractivity (Wildman–Crippen MR) is 128 cm³/mol. The highest BCUT2D eigenvalue weighted by Crippen LogP contribution is 2.44. The maximum absolute atomic E-state index is 12.7. The molecular weight excluding hydrogens is 448 g/mol. The first-order valence-electron chi connectivity index (χ1n) is 12.2. The zero-order chi connectivity index (χ0) is 24.4. The number of benzene rings is 2. The molecule has 5 rings (SSSR count). The molecule has 184 valence electrons. The molecule has 3 N–H and O–H groups in total. The van der Waals surface area contributed by atoms with Crippen LogP contribution in [-0.4, -0.2) is 55.5 Å². The predicted octanol–water partition coefficient (Wildman–Crippen LogP) is 3.16. The average molecular weight is 479 g/mol. The minimum Gasteiger partial charge on any atom is -0.481 e. The van der Waals surface area contributed by atoms with Crippen molar-refractivity contribution in [1.82, 2.24) is 10.6 Å². The maximum Gasteiger partial charge on any atom is 0.407 e. The van der Waals surface area contributed by atoms with Crippen LogP contribution in [0.3, 0.4) is 0 Å². The number of hydrogen-bond acceptors (Lipinski definition) is 5. The standard InChI is InChI=1S/C27H30N2O6/c30-25(28-13-16-11-22(16)26(31)32)12-17-14-34-10-9-24(17)29-27(33)35-15-23-20-7-3-1-5-18(20)19-6-2-4-8-21(19)23/h1-8,16-17,22-24H,9-15H2,(H,28,30)(H,29,33)(H,31,32)/t16-,17?,22-,24?/m0/s1. The van der Waals surface area contributed by atoms with Gasteiger partial charge in [-0.05, 0) is 41.0 Å². The Balaban J connectivity index is 1.13. The molecule has 2 amide bonds. The third-order valence-electron chi connectivity index (χ3n) is 7.37. The minimum atomic E-state index is -0.808. The summed E-state index contributed by atoms with van der Waals surface area (Å²) in [5.41, 5.74) is 4.66. The van der Waals surface area contributed by atoms with Crippen LogP contribution in [0.5, 0.6) is 0 Å². The van der Waals surface area contributed by atoms with Gasteiger partial charge < -0.3 is 25.2 Å². The number of ether oxygens (including phenoxy) is 2. The molecule has 1 aliphatic heterocycles. The third kappa shape index (κ3) is 5.17. The van der Waals surface area contributed by atoms with Crippen LogP contribution in [0, 0.1) is 17.8 Å². The summed E-state index contributed by atoms with van der Waals surface area (Å²) in [7, 11) is 0. The van der Waals surface area contributed by atoms with Crippen molar-refractivity contribution in [3.63, 3.8) is 0 Å². The molecule has 2 aromatic rings. The number of carboxylic acid groups (broad SMARTS) is 1. The van der Waals surface area contributed by atoms with E-state index in [1.165, 1.54) is 11.1 Å². The van der Waals surface area contributed by atoms with E-state index in [0.717, 1.165) is 11.1 Å². The lowest BCUT2D eigenvalue weighted by Crippen LogP contribution is -2.47. The van der Waals surface area contributed by atoms with Gasteiger partial charge in [-0.25, -0.2) is 4.79 Å². The van der Waals surface area contributed by atoms with Crippen molar-refractivity contribution in [1.29, 1.82) is 0 Å². The van der Waals surface area contributed by atoms with E-state index in [-0.39, 0.29) is 48.6 Å². The second kappa shape index (κ2) is 10.1. The van der Waals surface area contributed by atoms with Gasteiger partial charge in [0.2, 0.25) is 5.91 Å².